The van der Waals surface area contributed by atoms with Gasteiger partial charge in [-0.3, -0.25) is 9.69 Å². The van der Waals surface area contributed by atoms with Gasteiger partial charge in [-0.05, 0) is 50.4 Å². The van der Waals surface area contributed by atoms with Crippen LogP contribution in [-0.2, 0) is 6.54 Å². The zero-order valence-electron chi connectivity index (χ0n) is 17.1. The number of likely N-dealkylation sites (tertiary alicyclic amines) is 1. The molecule has 6 heteroatoms. The minimum Gasteiger partial charge on any atom is -0.507 e. The Kier molecular flexibility index (Phi) is 4.83. The fourth-order valence-corrected chi connectivity index (χ4v) is 5.39. The maximum atomic E-state index is 13.4. The third-order valence-electron chi connectivity index (χ3n) is 6.01. The molecule has 1 saturated heterocycles. The van der Waals surface area contributed by atoms with Crippen LogP contribution in [0.2, 0.25) is 0 Å². The van der Waals surface area contributed by atoms with Crippen molar-refractivity contribution in [1.29, 1.82) is 0 Å². The van der Waals surface area contributed by atoms with Gasteiger partial charge in [-0.2, -0.15) is 0 Å². The van der Waals surface area contributed by atoms with E-state index in [1.807, 2.05) is 24.3 Å². The van der Waals surface area contributed by atoms with Crippen LogP contribution < -0.4 is 5.43 Å². The molecule has 30 heavy (non-hydrogen) atoms. The fraction of sp³-hybridized carbons (Fsp3) is 0.333. The van der Waals surface area contributed by atoms with Crippen LogP contribution in [0.3, 0.4) is 0 Å². The van der Waals surface area contributed by atoms with E-state index in [-0.39, 0.29) is 11.2 Å². The Labute approximate surface area is 178 Å². The molecule has 5 rings (SSSR count). The molecule has 154 valence electrons. The number of aromatic hydroxyl groups is 1. The smallest absolute Gasteiger partial charge is 0.202 e. The lowest BCUT2D eigenvalue weighted by Gasteiger charge is -2.31. The quantitative estimate of drug-likeness (QED) is 0.486. The van der Waals surface area contributed by atoms with Crippen LogP contribution in [-0.4, -0.2) is 28.1 Å². The molecule has 0 aliphatic carbocycles. The summed E-state index contributed by atoms with van der Waals surface area (Å²) >= 11 is 1.48. The first-order valence-electron chi connectivity index (χ1n) is 10.4. The van der Waals surface area contributed by atoms with Gasteiger partial charge in [-0.1, -0.05) is 19.1 Å². The second-order valence-corrected chi connectivity index (χ2v) is 9.36. The number of fused-ring (bicyclic) bond motifs is 2. The van der Waals surface area contributed by atoms with Gasteiger partial charge >= 0.3 is 0 Å². The van der Waals surface area contributed by atoms with Gasteiger partial charge in [0.05, 0.1) is 21.2 Å². The van der Waals surface area contributed by atoms with E-state index in [1.165, 1.54) is 30.4 Å². The Bertz CT molecular complexity index is 1270. The Hall–Kier alpha value is -2.70. The molecule has 0 amide bonds. The zero-order valence-corrected chi connectivity index (χ0v) is 18.0. The molecule has 1 atom stereocenters. The van der Waals surface area contributed by atoms with Gasteiger partial charge in [0.15, 0.2) is 0 Å². The summed E-state index contributed by atoms with van der Waals surface area (Å²) in [6.45, 7) is 6.73. The number of aromatic nitrogens is 1. The Morgan fingerprint density at radius 1 is 1.33 bits per heavy atom. The number of piperidine rings is 1. The number of rotatable bonds is 3. The van der Waals surface area contributed by atoms with E-state index in [0.29, 0.717) is 39.6 Å². The number of thiazole rings is 1. The highest BCUT2D eigenvalue weighted by Crippen LogP contribution is 2.34. The van der Waals surface area contributed by atoms with Crippen molar-refractivity contribution in [3.05, 3.63) is 57.9 Å². The zero-order chi connectivity index (χ0) is 20.8. The van der Waals surface area contributed by atoms with Crippen LogP contribution in [0, 0.1) is 12.8 Å². The molecular weight excluding hydrogens is 396 g/mol. The lowest BCUT2D eigenvalue weighted by atomic mass is 9.98. The number of phenolic OH excluding ortho intramolecular Hbond substituents is 1. The van der Waals surface area contributed by atoms with E-state index in [0.717, 1.165) is 28.9 Å². The first-order chi connectivity index (χ1) is 14.5. The summed E-state index contributed by atoms with van der Waals surface area (Å²) < 4.78 is 6.88. The van der Waals surface area contributed by atoms with Crippen LogP contribution in [0.1, 0.15) is 30.9 Å². The molecule has 1 aliphatic heterocycles. The molecule has 0 spiro atoms. The predicted molar refractivity (Wildman–Crippen MR) is 121 cm³/mol. The van der Waals surface area contributed by atoms with E-state index in [1.54, 1.807) is 13.0 Å². The van der Waals surface area contributed by atoms with Crippen molar-refractivity contribution in [3.8, 4) is 16.3 Å². The van der Waals surface area contributed by atoms with Crippen LogP contribution in [0.15, 0.2) is 45.8 Å². The summed E-state index contributed by atoms with van der Waals surface area (Å²) in [4.78, 5) is 20.3. The van der Waals surface area contributed by atoms with Gasteiger partial charge in [-0.15, -0.1) is 11.3 Å². The highest BCUT2D eigenvalue weighted by Gasteiger charge is 2.21. The monoisotopic (exact) mass is 420 g/mol. The molecule has 3 heterocycles. The summed E-state index contributed by atoms with van der Waals surface area (Å²) in [7, 11) is 0. The molecule has 4 aromatic rings. The van der Waals surface area contributed by atoms with Crippen molar-refractivity contribution in [1.82, 2.24) is 9.88 Å². The summed E-state index contributed by atoms with van der Waals surface area (Å²) in [5.41, 5.74) is 3.07. The van der Waals surface area contributed by atoms with Gasteiger partial charge in [0, 0.05) is 24.2 Å². The largest absolute Gasteiger partial charge is 0.507 e. The number of nitrogens with zero attached hydrogens (tertiary/aromatic N) is 2. The molecule has 2 aromatic heterocycles. The molecule has 1 fully saturated rings. The number of benzene rings is 2. The van der Waals surface area contributed by atoms with E-state index in [2.05, 4.69) is 16.8 Å². The number of hydrogen-bond acceptors (Lipinski definition) is 6. The lowest BCUT2D eigenvalue weighted by Crippen LogP contribution is -2.33. The Balaban J connectivity index is 1.61. The molecule has 5 nitrogen and oxygen atoms in total. The van der Waals surface area contributed by atoms with Gasteiger partial charge in [0.25, 0.3) is 0 Å². The molecule has 1 aliphatic rings. The third kappa shape index (κ3) is 3.30. The van der Waals surface area contributed by atoms with Crippen molar-refractivity contribution in [2.75, 3.05) is 13.1 Å². The van der Waals surface area contributed by atoms with E-state index in [9.17, 15) is 9.90 Å². The minimum absolute atomic E-state index is 0.105. The minimum atomic E-state index is -0.105. The molecule has 1 unspecified atom stereocenters. The van der Waals surface area contributed by atoms with Gasteiger partial charge in [0.1, 0.15) is 22.6 Å². The SMILES string of the molecule is Cc1c(O)c(CN2CCCC(C)C2)cc2c(=O)c(-c3nc4ccccc4s3)coc12. The Morgan fingerprint density at radius 3 is 2.97 bits per heavy atom. The first kappa shape index (κ1) is 19.3. The average molecular weight is 421 g/mol. The number of hydrogen-bond donors (Lipinski definition) is 1. The summed E-state index contributed by atoms with van der Waals surface area (Å²) in [5, 5.41) is 11.9. The highest BCUT2D eigenvalue weighted by molar-refractivity contribution is 7.21. The second kappa shape index (κ2) is 7.52. The summed E-state index contributed by atoms with van der Waals surface area (Å²) in [5.74, 6) is 0.870. The van der Waals surface area contributed by atoms with E-state index in [4.69, 9.17) is 4.42 Å². The van der Waals surface area contributed by atoms with Gasteiger partial charge in [-0.25, -0.2) is 4.98 Å². The maximum Gasteiger partial charge on any atom is 0.202 e. The van der Waals surface area contributed by atoms with Gasteiger partial charge in [0.2, 0.25) is 5.43 Å². The van der Waals surface area contributed by atoms with Crippen LogP contribution in [0.25, 0.3) is 31.8 Å². The molecule has 0 bridgehead atoms. The van der Waals surface area contributed by atoms with Crippen molar-refractivity contribution >= 4 is 32.5 Å². The van der Waals surface area contributed by atoms with Crippen molar-refractivity contribution in [2.45, 2.75) is 33.2 Å². The van der Waals surface area contributed by atoms with Crippen LogP contribution >= 0.6 is 11.3 Å². The summed E-state index contributed by atoms with van der Waals surface area (Å²) in [6, 6.07) is 9.65. The number of para-hydroxylation sites is 1. The van der Waals surface area contributed by atoms with Crippen LogP contribution in [0.4, 0.5) is 0 Å². The second-order valence-electron chi connectivity index (χ2n) is 8.33. The maximum absolute atomic E-state index is 13.4. The molecule has 0 saturated carbocycles. The molecular formula is C24H24N2O3S. The molecule has 0 radical (unpaired) electrons. The predicted octanol–water partition coefficient (Wildman–Crippen LogP) is 5.32. The Morgan fingerprint density at radius 2 is 2.17 bits per heavy atom. The van der Waals surface area contributed by atoms with E-state index < -0.39 is 0 Å². The van der Waals surface area contributed by atoms with Gasteiger partial charge < -0.3 is 9.52 Å². The highest BCUT2D eigenvalue weighted by atomic mass is 32.1. The van der Waals surface area contributed by atoms with Crippen LogP contribution in [0.5, 0.6) is 5.75 Å². The first-order valence-corrected chi connectivity index (χ1v) is 11.2. The molecule has 1 N–H and O–H groups in total. The number of aryl methyl sites for hydroxylation is 1. The third-order valence-corrected chi connectivity index (χ3v) is 7.08. The average Bonchev–Trinajstić information content (AvgIpc) is 3.16. The van der Waals surface area contributed by atoms with Crippen molar-refractivity contribution in [2.24, 2.45) is 5.92 Å². The normalized spacial score (nSPS) is 17.7. The topological polar surface area (TPSA) is 66.6 Å². The van der Waals surface area contributed by atoms with Crippen molar-refractivity contribution < 1.29 is 9.52 Å². The standard InChI is InChI=1S/C24H24N2O3S/c1-14-6-5-9-26(11-14)12-16-10-17-22(28)18(13-29-23(17)15(2)21(16)27)24-25-19-7-3-4-8-20(19)30-24/h3-4,7-8,10,13-14,27H,5-6,9,11-12H2,1-2H3. The molecule has 2 aromatic carbocycles. The fourth-order valence-electron chi connectivity index (χ4n) is 4.42. The van der Waals surface area contributed by atoms with E-state index >= 15 is 0 Å². The van der Waals surface area contributed by atoms with Crippen molar-refractivity contribution in [3.63, 3.8) is 0 Å². The summed E-state index contributed by atoms with van der Waals surface area (Å²) in [6.07, 6.45) is 3.88. The number of phenols is 1. The lowest BCUT2D eigenvalue weighted by molar-refractivity contribution is 0.175.